The van der Waals surface area contributed by atoms with Gasteiger partial charge in [-0.05, 0) is 12.1 Å². The molecule has 0 spiro atoms. The van der Waals surface area contributed by atoms with Crippen molar-refractivity contribution in [1.29, 1.82) is 0 Å². The molecule has 1 aliphatic heterocycles. The second kappa shape index (κ2) is 4.89. The van der Waals surface area contributed by atoms with Crippen molar-refractivity contribution in [2.45, 2.75) is 12.8 Å². The van der Waals surface area contributed by atoms with Gasteiger partial charge in [-0.3, -0.25) is 14.6 Å². The first-order chi connectivity index (χ1) is 6.77. The topological polar surface area (TPSA) is 50.3 Å². The fourth-order valence-corrected chi connectivity index (χ4v) is 1.50. The molecule has 1 amide bonds. The molecule has 0 atom stereocenters. The number of ketones is 1. The summed E-state index contributed by atoms with van der Waals surface area (Å²) in [7, 11) is 0. The van der Waals surface area contributed by atoms with Gasteiger partial charge in [-0.15, -0.1) is 12.4 Å². The van der Waals surface area contributed by atoms with E-state index < -0.39 is 0 Å². The Morgan fingerprint density at radius 1 is 1.33 bits per heavy atom. The number of Topliss-reactive ketones (excluding diaryl/α,β-unsaturated/α-hetero) is 1. The van der Waals surface area contributed by atoms with Crippen LogP contribution in [0.5, 0.6) is 0 Å². The number of aromatic nitrogens is 1. The van der Waals surface area contributed by atoms with Crippen molar-refractivity contribution < 1.29 is 9.59 Å². The molecule has 1 aliphatic rings. The van der Waals surface area contributed by atoms with E-state index in [2.05, 4.69) is 4.98 Å². The SMILES string of the molecule is Cl.O=C1CCN(c2cccnc2)C(=O)C1. The summed E-state index contributed by atoms with van der Waals surface area (Å²) in [6, 6.07) is 3.60. The zero-order valence-corrected chi connectivity index (χ0v) is 8.87. The Bertz CT molecular complexity index is 367. The second-order valence-electron chi connectivity index (χ2n) is 3.22. The summed E-state index contributed by atoms with van der Waals surface area (Å²) in [6.07, 6.45) is 3.76. The van der Waals surface area contributed by atoms with E-state index in [1.807, 2.05) is 6.07 Å². The number of halogens is 1. The van der Waals surface area contributed by atoms with Crippen LogP contribution in [0.1, 0.15) is 12.8 Å². The molecule has 1 aromatic rings. The Kier molecular flexibility index (Phi) is 3.80. The third-order valence-corrected chi connectivity index (χ3v) is 2.22. The lowest BCUT2D eigenvalue weighted by molar-refractivity contribution is -0.128. The number of nitrogens with zero attached hydrogens (tertiary/aromatic N) is 2. The summed E-state index contributed by atoms with van der Waals surface area (Å²) < 4.78 is 0. The first-order valence-electron chi connectivity index (χ1n) is 4.49. The minimum Gasteiger partial charge on any atom is -0.310 e. The Balaban J connectivity index is 0.00000112. The standard InChI is InChI=1S/C10H10N2O2.ClH/c13-9-3-5-12(10(14)6-9)8-2-1-4-11-7-8;/h1-2,4,7H,3,5-6H2;1H. The summed E-state index contributed by atoms with van der Waals surface area (Å²) in [5.41, 5.74) is 0.769. The molecule has 1 saturated heterocycles. The van der Waals surface area contributed by atoms with E-state index in [1.165, 1.54) is 0 Å². The van der Waals surface area contributed by atoms with Gasteiger partial charge in [-0.1, -0.05) is 0 Å². The minimum atomic E-state index is -0.130. The van der Waals surface area contributed by atoms with Gasteiger partial charge < -0.3 is 4.90 Å². The van der Waals surface area contributed by atoms with Crippen LogP contribution >= 0.6 is 12.4 Å². The molecular formula is C10H11ClN2O2. The first-order valence-corrected chi connectivity index (χ1v) is 4.49. The van der Waals surface area contributed by atoms with E-state index in [0.29, 0.717) is 13.0 Å². The number of hydrogen-bond acceptors (Lipinski definition) is 3. The minimum absolute atomic E-state index is 0. The van der Waals surface area contributed by atoms with Crippen LogP contribution < -0.4 is 4.90 Å². The third-order valence-electron chi connectivity index (χ3n) is 2.22. The van der Waals surface area contributed by atoms with Crippen molar-refractivity contribution in [3.8, 4) is 0 Å². The van der Waals surface area contributed by atoms with Crippen molar-refractivity contribution >= 4 is 29.8 Å². The van der Waals surface area contributed by atoms with Gasteiger partial charge in [0.1, 0.15) is 5.78 Å². The number of hydrogen-bond donors (Lipinski definition) is 0. The molecule has 5 heteroatoms. The average Bonchev–Trinajstić information content (AvgIpc) is 2.19. The molecule has 15 heavy (non-hydrogen) atoms. The molecule has 0 N–H and O–H groups in total. The summed E-state index contributed by atoms with van der Waals surface area (Å²) >= 11 is 0. The average molecular weight is 227 g/mol. The van der Waals surface area contributed by atoms with Crippen molar-refractivity contribution in [2.75, 3.05) is 11.4 Å². The second-order valence-corrected chi connectivity index (χ2v) is 3.22. The highest BCUT2D eigenvalue weighted by Gasteiger charge is 2.24. The van der Waals surface area contributed by atoms with Crippen LogP contribution in [0.25, 0.3) is 0 Å². The van der Waals surface area contributed by atoms with Crippen LogP contribution in [0.2, 0.25) is 0 Å². The van der Waals surface area contributed by atoms with Gasteiger partial charge in [-0.2, -0.15) is 0 Å². The number of carbonyl (C=O) groups excluding carboxylic acids is 2. The Labute approximate surface area is 93.7 Å². The monoisotopic (exact) mass is 226 g/mol. The van der Waals surface area contributed by atoms with Crippen LogP contribution in [-0.2, 0) is 9.59 Å². The molecule has 80 valence electrons. The predicted octanol–water partition coefficient (Wildman–Crippen LogP) is 1.20. The van der Waals surface area contributed by atoms with Crippen molar-refractivity contribution in [3.05, 3.63) is 24.5 Å². The number of pyridine rings is 1. The molecule has 0 unspecified atom stereocenters. The highest BCUT2D eigenvalue weighted by atomic mass is 35.5. The van der Waals surface area contributed by atoms with Crippen molar-refractivity contribution in [1.82, 2.24) is 4.98 Å². The van der Waals surface area contributed by atoms with Gasteiger partial charge in [0.25, 0.3) is 0 Å². The molecule has 0 saturated carbocycles. The molecule has 2 rings (SSSR count). The van der Waals surface area contributed by atoms with Crippen molar-refractivity contribution in [2.24, 2.45) is 0 Å². The number of piperidine rings is 1. The number of rotatable bonds is 1. The van der Waals surface area contributed by atoms with Crippen LogP contribution in [-0.4, -0.2) is 23.2 Å². The lowest BCUT2D eigenvalue weighted by atomic mass is 10.1. The molecule has 0 aromatic carbocycles. The van der Waals surface area contributed by atoms with Crippen LogP contribution in [0, 0.1) is 0 Å². The molecule has 1 aromatic heterocycles. The van der Waals surface area contributed by atoms with Crippen LogP contribution in [0.15, 0.2) is 24.5 Å². The van der Waals surface area contributed by atoms with E-state index in [1.54, 1.807) is 23.4 Å². The Hall–Kier alpha value is -1.42. The van der Waals surface area contributed by atoms with E-state index in [-0.39, 0.29) is 30.5 Å². The van der Waals surface area contributed by atoms with E-state index in [4.69, 9.17) is 0 Å². The molecule has 4 nitrogen and oxygen atoms in total. The number of anilines is 1. The maximum absolute atomic E-state index is 11.5. The largest absolute Gasteiger partial charge is 0.310 e. The normalized spacial score (nSPS) is 16.1. The fraction of sp³-hybridized carbons (Fsp3) is 0.300. The zero-order valence-electron chi connectivity index (χ0n) is 8.05. The lowest BCUT2D eigenvalue weighted by Gasteiger charge is -2.25. The maximum atomic E-state index is 11.5. The van der Waals surface area contributed by atoms with Gasteiger partial charge in [0.15, 0.2) is 0 Å². The highest BCUT2D eigenvalue weighted by molar-refractivity contribution is 6.08. The molecule has 1 fully saturated rings. The quantitative estimate of drug-likeness (QED) is 0.676. The van der Waals surface area contributed by atoms with Crippen LogP contribution in [0.3, 0.4) is 0 Å². The summed E-state index contributed by atoms with van der Waals surface area (Å²) in [5, 5.41) is 0. The fourth-order valence-electron chi connectivity index (χ4n) is 1.50. The van der Waals surface area contributed by atoms with Crippen molar-refractivity contribution in [3.63, 3.8) is 0 Å². The molecular weight excluding hydrogens is 216 g/mol. The van der Waals surface area contributed by atoms with Gasteiger partial charge in [0.05, 0.1) is 18.3 Å². The van der Waals surface area contributed by atoms with Gasteiger partial charge in [-0.25, -0.2) is 0 Å². The Morgan fingerprint density at radius 3 is 2.73 bits per heavy atom. The van der Waals surface area contributed by atoms with Gasteiger partial charge in [0.2, 0.25) is 5.91 Å². The van der Waals surface area contributed by atoms with E-state index in [0.717, 1.165) is 5.69 Å². The predicted molar refractivity (Wildman–Crippen MR) is 58.1 cm³/mol. The smallest absolute Gasteiger partial charge is 0.234 e. The van der Waals surface area contributed by atoms with E-state index >= 15 is 0 Å². The number of carbonyl (C=O) groups is 2. The molecule has 0 radical (unpaired) electrons. The summed E-state index contributed by atoms with van der Waals surface area (Å²) in [5.74, 6) is -0.107. The lowest BCUT2D eigenvalue weighted by Crippen LogP contribution is -2.39. The first kappa shape index (κ1) is 11.7. The van der Waals surface area contributed by atoms with Crippen LogP contribution in [0.4, 0.5) is 5.69 Å². The van der Waals surface area contributed by atoms with Gasteiger partial charge in [0, 0.05) is 19.2 Å². The highest BCUT2D eigenvalue weighted by Crippen LogP contribution is 2.17. The summed E-state index contributed by atoms with van der Waals surface area (Å²) in [6.45, 7) is 0.476. The third kappa shape index (κ3) is 2.53. The number of amides is 1. The van der Waals surface area contributed by atoms with E-state index in [9.17, 15) is 9.59 Å². The molecule has 2 heterocycles. The molecule has 0 aliphatic carbocycles. The Morgan fingerprint density at radius 2 is 2.13 bits per heavy atom. The van der Waals surface area contributed by atoms with Gasteiger partial charge >= 0.3 is 0 Å². The molecule has 0 bridgehead atoms. The maximum Gasteiger partial charge on any atom is 0.234 e. The zero-order chi connectivity index (χ0) is 9.97. The summed E-state index contributed by atoms with van der Waals surface area (Å²) in [4.78, 5) is 28.0.